The lowest BCUT2D eigenvalue weighted by atomic mass is 10.3. The van der Waals surface area contributed by atoms with Gasteiger partial charge in [0.15, 0.2) is 0 Å². The third-order valence-electron chi connectivity index (χ3n) is 1.54. The number of hydrogen-bond acceptors (Lipinski definition) is 4. The quantitative estimate of drug-likeness (QED) is 0.527. The highest BCUT2D eigenvalue weighted by atomic mass is 16.5. The van der Waals surface area contributed by atoms with Crippen LogP contribution in [0, 0.1) is 0 Å². The summed E-state index contributed by atoms with van der Waals surface area (Å²) in [6.45, 7) is 7.88. The Kier molecular flexibility index (Phi) is 12.9. The molecule has 0 saturated heterocycles. The van der Waals surface area contributed by atoms with Gasteiger partial charge in [0.25, 0.3) is 0 Å². The summed E-state index contributed by atoms with van der Waals surface area (Å²) >= 11 is 0. The molecule has 0 heterocycles. The Hall–Kier alpha value is -1.10. The van der Waals surface area contributed by atoms with Gasteiger partial charge in [-0.25, -0.2) is 0 Å². The lowest BCUT2D eigenvalue weighted by Crippen LogP contribution is -2.33. The highest BCUT2D eigenvalue weighted by molar-refractivity contribution is 5.79. The summed E-state index contributed by atoms with van der Waals surface area (Å²) in [4.78, 5) is 21.7. The third-order valence-corrected chi connectivity index (χ3v) is 1.54. The minimum absolute atomic E-state index is 0.265. The molecule has 0 radical (unpaired) electrons. The average Bonchev–Trinajstić information content (AvgIpc) is 2.27. The number of aliphatic hydroxyl groups is 1. The molecule has 1 unspecified atom stereocenters. The van der Waals surface area contributed by atoms with Crippen LogP contribution in [0.3, 0.4) is 0 Å². The maximum Gasteiger partial charge on any atom is 0.305 e. The Labute approximate surface area is 97.2 Å². The predicted octanol–water partition coefficient (Wildman–Crippen LogP) is 0.853. The second-order valence-corrected chi connectivity index (χ2v) is 2.88. The van der Waals surface area contributed by atoms with Crippen molar-refractivity contribution in [2.75, 3.05) is 13.2 Å². The maximum atomic E-state index is 10.8. The van der Waals surface area contributed by atoms with Crippen LogP contribution in [-0.2, 0) is 14.3 Å². The van der Waals surface area contributed by atoms with Crippen molar-refractivity contribution in [3.05, 3.63) is 0 Å². The van der Waals surface area contributed by atoms with Crippen molar-refractivity contribution in [2.45, 2.75) is 46.6 Å². The fourth-order valence-electron chi connectivity index (χ4n) is 0.825. The van der Waals surface area contributed by atoms with Gasteiger partial charge in [-0.1, -0.05) is 13.8 Å². The zero-order valence-electron chi connectivity index (χ0n) is 10.6. The Morgan fingerprint density at radius 1 is 1.38 bits per heavy atom. The summed E-state index contributed by atoms with van der Waals surface area (Å²) in [6, 6.07) is 0. The molecule has 2 N–H and O–H groups in total. The Bertz CT molecular complexity index is 192. The number of carbonyl (C=O) groups is 2. The first-order chi connectivity index (χ1) is 7.57. The van der Waals surface area contributed by atoms with E-state index in [9.17, 15) is 9.59 Å². The number of esters is 1. The van der Waals surface area contributed by atoms with Gasteiger partial charge < -0.3 is 15.2 Å². The Morgan fingerprint density at radius 2 is 1.94 bits per heavy atom. The highest BCUT2D eigenvalue weighted by Gasteiger charge is 2.07. The highest BCUT2D eigenvalue weighted by Crippen LogP contribution is 1.91. The molecule has 16 heavy (non-hydrogen) atoms. The monoisotopic (exact) mass is 233 g/mol. The van der Waals surface area contributed by atoms with Gasteiger partial charge >= 0.3 is 5.97 Å². The van der Waals surface area contributed by atoms with Gasteiger partial charge in [0.2, 0.25) is 5.91 Å². The second kappa shape index (κ2) is 12.0. The molecule has 0 saturated carbocycles. The van der Waals surface area contributed by atoms with E-state index in [4.69, 9.17) is 9.84 Å². The lowest BCUT2D eigenvalue weighted by molar-refractivity contribution is -0.143. The van der Waals surface area contributed by atoms with Gasteiger partial charge in [0, 0.05) is 13.0 Å². The van der Waals surface area contributed by atoms with Crippen molar-refractivity contribution in [1.82, 2.24) is 5.32 Å². The van der Waals surface area contributed by atoms with Crippen molar-refractivity contribution in [1.29, 1.82) is 0 Å². The summed E-state index contributed by atoms with van der Waals surface area (Å²) in [7, 11) is 0. The molecule has 0 fully saturated rings. The van der Waals surface area contributed by atoms with Crippen molar-refractivity contribution in [2.24, 2.45) is 0 Å². The number of aliphatic hydroxyl groups excluding tert-OH is 1. The average molecular weight is 233 g/mol. The predicted molar refractivity (Wildman–Crippen MR) is 61.9 cm³/mol. The van der Waals surface area contributed by atoms with Crippen LogP contribution in [0.15, 0.2) is 0 Å². The van der Waals surface area contributed by atoms with Crippen molar-refractivity contribution in [3.63, 3.8) is 0 Å². The van der Waals surface area contributed by atoms with Crippen LogP contribution in [0.2, 0.25) is 0 Å². The molecule has 0 bridgehead atoms. The zero-order chi connectivity index (χ0) is 13.0. The van der Waals surface area contributed by atoms with Crippen molar-refractivity contribution in [3.8, 4) is 0 Å². The van der Waals surface area contributed by atoms with Crippen molar-refractivity contribution >= 4 is 11.9 Å². The summed E-state index contributed by atoms with van der Waals surface area (Å²) < 4.78 is 4.70. The molecule has 0 aromatic rings. The van der Waals surface area contributed by atoms with Crippen LogP contribution in [0.5, 0.6) is 0 Å². The molecule has 1 amide bonds. The molecule has 0 aliphatic carbocycles. The molecular weight excluding hydrogens is 210 g/mol. The maximum absolute atomic E-state index is 10.8. The van der Waals surface area contributed by atoms with Crippen LogP contribution >= 0.6 is 0 Å². The van der Waals surface area contributed by atoms with Gasteiger partial charge in [0.05, 0.1) is 6.61 Å². The van der Waals surface area contributed by atoms with E-state index in [-0.39, 0.29) is 12.4 Å². The summed E-state index contributed by atoms with van der Waals surface area (Å²) in [5, 5.41) is 11.3. The Balaban J connectivity index is 0. The smallest absolute Gasteiger partial charge is 0.305 e. The standard InChI is InChI=1S/C9H17NO4.C2H6/c1-3-14-8(12)5-4-6-10-9(13)7(2)11;1-2/h7,11H,3-6H2,1-2H3,(H,10,13);1-2H3. The van der Waals surface area contributed by atoms with E-state index in [1.165, 1.54) is 6.92 Å². The number of nitrogens with one attached hydrogen (secondary N) is 1. The largest absolute Gasteiger partial charge is 0.466 e. The summed E-state index contributed by atoms with van der Waals surface area (Å²) in [5.41, 5.74) is 0. The number of ether oxygens (including phenoxy) is 1. The van der Waals surface area contributed by atoms with E-state index >= 15 is 0 Å². The normalized spacial score (nSPS) is 10.8. The topological polar surface area (TPSA) is 75.6 Å². The molecule has 0 aliphatic heterocycles. The second-order valence-electron chi connectivity index (χ2n) is 2.88. The van der Waals surface area contributed by atoms with Gasteiger partial charge in [-0.3, -0.25) is 9.59 Å². The van der Waals surface area contributed by atoms with Gasteiger partial charge in [-0.2, -0.15) is 0 Å². The molecule has 5 nitrogen and oxygen atoms in total. The molecule has 5 heteroatoms. The van der Waals surface area contributed by atoms with Gasteiger partial charge in [-0.05, 0) is 20.3 Å². The first kappa shape index (κ1) is 17.3. The molecule has 1 atom stereocenters. The van der Waals surface area contributed by atoms with Crippen LogP contribution in [0.4, 0.5) is 0 Å². The number of hydrogen-bond donors (Lipinski definition) is 2. The number of carbonyl (C=O) groups excluding carboxylic acids is 2. The third kappa shape index (κ3) is 11.0. The van der Waals surface area contributed by atoms with Crippen LogP contribution in [-0.4, -0.2) is 36.2 Å². The first-order valence-corrected chi connectivity index (χ1v) is 5.69. The number of rotatable bonds is 6. The SMILES string of the molecule is CC.CCOC(=O)CCCNC(=O)C(C)O. The fraction of sp³-hybridized carbons (Fsp3) is 0.818. The van der Waals surface area contributed by atoms with E-state index in [0.29, 0.717) is 19.6 Å². The molecule has 0 aromatic heterocycles. The van der Waals surface area contributed by atoms with E-state index in [0.717, 1.165) is 0 Å². The lowest BCUT2D eigenvalue weighted by Gasteiger charge is -2.06. The molecular formula is C11H23NO4. The minimum atomic E-state index is -1.00. The van der Waals surface area contributed by atoms with Gasteiger partial charge in [0.1, 0.15) is 6.10 Å². The van der Waals surface area contributed by atoms with E-state index in [1.807, 2.05) is 13.8 Å². The van der Waals surface area contributed by atoms with E-state index in [1.54, 1.807) is 6.92 Å². The molecule has 96 valence electrons. The van der Waals surface area contributed by atoms with Crippen LogP contribution < -0.4 is 5.32 Å². The summed E-state index contributed by atoms with van der Waals surface area (Å²) in [5.74, 6) is -0.687. The first-order valence-electron chi connectivity index (χ1n) is 5.69. The molecule has 0 rings (SSSR count). The number of amides is 1. The van der Waals surface area contributed by atoms with Crippen molar-refractivity contribution < 1.29 is 19.4 Å². The van der Waals surface area contributed by atoms with Crippen LogP contribution in [0.25, 0.3) is 0 Å². The molecule has 0 spiro atoms. The minimum Gasteiger partial charge on any atom is -0.466 e. The van der Waals surface area contributed by atoms with E-state index < -0.39 is 12.0 Å². The molecule has 0 aromatic carbocycles. The Morgan fingerprint density at radius 3 is 2.38 bits per heavy atom. The fourth-order valence-corrected chi connectivity index (χ4v) is 0.825. The summed E-state index contributed by atoms with van der Waals surface area (Å²) in [6.07, 6.45) is -0.191. The van der Waals surface area contributed by atoms with Crippen LogP contribution in [0.1, 0.15) is 40.5 Å². The van der Waals surface area contributed by atoms with Gasteiger partial charge in [-0.15, -0.1) is 0 Å². The van der Waals surface area contributed by atoms with E-state index in [2.05, 4.69) is 5.32 Å². The zero-order valence-corrected chi connectivity index (χ0v) is 10.6. The molecule has 0 aliphatic rings.